The summed E-state index contributed by atoms with van der Waals surface area (Å²) in [5, 5.41) is 10.1. The number of nitriles is 1. The average molecular weight is 481 g/mol. The van der Waals surface area contributed by atoms with Gasteiger partial charge in [0.05, 0.1) is 27.5 Å². The summed E-state index contributed by atoms with van der Waals surface area (Å²) in [7, 11) is -2.53. The smallest absolute Gasteiger partial charge is 0.139 e. The number of pyridine rings is 1. The van der Waals surface area contributed by atoms with Gasteiger partial charge in [-0.1, -0.05) is 18.2 Å². The maximum absolute atomic E-state index is 13.3. The van der Waals surface area contributed by atoms with Gasteiger partial charge in [-0.3, -0.25) is 0 Å². The minimum atomic E-state index is -2.53. The summed E-state index contributed by atoms with van der Waals surface area (Å²) >= 11 is 0. The minimum absolute atomic E-state index is 0. The fourth-order valence-electron chi connectivity index (χ4n) is 4.81. The highest BCUT2D eigenvalue weighted by Gasteiger charge is 2.27. The van der Waals surface area contributed by atoms with Crippen molar-refractivity contribution in [1.29, 1.82) is 5.26 Å². The van der Waals surface area contributed by atoms with Gasteiger partial charge in [0.15, 0.2) is 0 Å². The number of aromatic nitrogens is 4. The molecule has 1 fully saturated rings. The molecule has 1 aliphatic rings. The van der Waals surface area contributed by atoms with Gasteiger partial charge in [0.2, 0.25) is 0 Å². The van der Waals surface area contributed by atoms with Crippen LogP contribution in [0.4, 0.5) is 0 Å². The first kappa shape index (κ1) is 23.3. The third-order valence-corrected chi connectivity index (χ3v) is 8.27. The van der Waals surface area contributed by atoms with Gasteiger partial charge in [0.1, 0.15) is 23.5 Å². The molecular formula is C24H28N6OS2. The lowest BCUT2D eigenvalue weighted by Crippen LogP contribution is -2.20. The fraction of sp³-hybridized carbons (Fsp3) is 0.375. The van der Waals surface area contributed by atoms with Crippen molar-refractivity contribution in [3.8, 4) is 6.07 Å². The van der Waals surface area contributed by atoms with Crippen LogP contribution in [0, 0.1) is 17.2 Å². The normalized spacial score (nSPS) is 20.1. The minimum Gasteiger partial charge on any atom is -0.346 e. The summed E-state index contributed by atoms with van der Waals surface area (Å²) in [6.45, 7) is 0.281. The van der Waals surface area contributed by atoms with E-state index in [0.717, 1.165) is 58.5 Å². The van der Waals surface area contributed by atoms with Gasteiger partial charge in [-0.25, -0.2) is 18.5 Å². The van der Waals surface area contributed by atoms with Crippen molar-refractivity contribution in [3.63, 3.8) is 0 Å². The van der Waals surface area contributed by atoms with Crippen molar-refractivity contribution in [2.45, 2.75) is 49.6 Å². The van der Waals surface area contributed by atoms with Crippen LogP contribution < -0.4 is 0 Å². The number of benzene rings is 1. The zero-order valence-electron chi connectivity index (χ0n) is 18.6. The molecule has 0 spiro atoms. The van der Waals surface area contributed by atoms with E-state index in [1.54, 1.807) is 12.5 Å². The second kappa shape index (κ2) is 9.57. The highest BCUT2D eigenvalue weighted by molar-refractivity contribution is 7.93. The second-order valence-corrected chi connectivity index (χ2v) is 10.9. The molecule has 33 heavy (non-hydrogen) atoms. The Labute approximate surface area is 200 Å². The van der Waals surface area contributed by atoms with E-state index in [-0.39, 0.29) is 26.1 Å². The maximum Gasteiger partial charge on any atom is 0.139 e. The van der Waals surface area contributed by atoms with Crippen molar-refractivity contribution in [2.75, 3.05) is 6.26 Å². The molecule has 172 valence electrons. The Morgan fingerprint density at radius 2 is 1.97 bits per heavy atom. The van der Waals surface area contributed by atoms with E-state index in [0.29, 0.717) is 12.3 Å². The molecule has 7 nitrogen and oxygen atoms in total. The third kappa shape index (κ3) is 4.50. The quantitative estimate of drug-likeness (QED) is 0.417. The first-order chi connectivity index (χ1) is 15.6. The van der Waals surface area contributed by atoms with Gasteiger partial charge in [-0.15, -0.1) is 0 Å². The molecule has 1 N–H and O–H groups in total. The molecule has 9 heteroatoms. The van der Waals surface area contributed by atoms with Gasteiger partial charge in [0, 0.05) is 35.2 Å². The van der Waals surface area contributed by atoms with Crippen LogP contribution in [0.25, 0.3) is 22.1 Å². The fourth-order valence-corrected chi connectivity index (χ4v) is 5.98. The first-order valence-electron chi connectivity index (χ1n) is 11.0. The number of nitrogens with zero attached hydrogens (tertiary/aromatic N) is 5. The Kier molecular flexibility index (Phi) is 6.77. The van der Waals surface area contributed by atoms with Gasteiger partial charge in [-0.05, 0) is 49.8 Å². The van der Waals surface area contributed by atoms with Gasteiger partial charge in [0.25, 0.3) is 0 Å². The van der Waals surface area contributed by atoms with Crippen LogP contribution in [0.1, 0.15) is 44.0 Å². The van der Waals surface area contributed by atoms with Gasteiger partial charge < -0.3 is 9.55 Å². The Bertz CT molecular complexity index is 1420. The summed E-state index contributed by atoms with van der Waals surface area (Å²) < 4.78 is 20.2. The summed E-state index contributed by atoms with van der Waals surface area (Å²) in [6.07, 6.45) is 10.1. The largest absolute Gasteiger partial charge is 0.346 e. The summed E-state index contributed by atoms with van der Waals surface area (Å²) in [5.74, 6) is 1.30. The molecule has 3 aromatic heterocycles. The van der Waals surface area contributed by atoms with Crippen molar-refractivity contribution in [3.05, 3.63) is 54.6 Å². The molecule has 0 unspecified atom stereocenters. The maximum atomic E-state index is 13.3. The predicted octanol–water partition coefficient (Wildman–Crippen LogP) is 5.33. The zero-order valence-corrected chi connectivity index (χ0v) is 20.4. The van der Waals surface area contributed by atoms with E-state index in [4.69, 9.17) is 10.2 Å². The number of hydrogen-bond acceptors (Lipinski definition) is 5. The molecule has 1 aromatic carbocycles. The lowest BCUT2D eigenvalue weighted by molar-refractivity contribution is 0.278. The zero-order chi connectivity index (χ0) is 22.1. The molecule has 0 aliphatic heterocycles. The molecular weight excluding hydrogens is 452 g/mol. The van der Waals surface area contributed by atoms with Crippen LogP contribution in [0.3, 0.4) is 0 Å². The molecule has 1 aliphatic carbocycles. The number of hydrogen-bond donors (Lipinski definition) is 1. The Hall–Kier alpha value is -2.83. The summed E-state index contributed by atoms with van der Waals surface area (Å²) in [4.78, 5) is 13.3. The first-order valence-corrected chi connectivity index (χ1v) is 12.9. The van der Waals surface area contributed by atoms with Crippen LogP contribution in [0.2, 0.25) is 0 Å². The number of H-pyrrole nitrogens is 1. The summed E-state index contributed by atoms with van der Waals surface area (Å²) in [6, 6.07) is 14.0. The van der Waals surface area contributed by atoms with Crippen molar-refractivity contribution < 1.29 is 4.21 Å². The number of nitrogens with one attached hydrogen (secondary N) is 1. The number of aromatic amines is 1. The average Bonchev–Trinajstić information content (AvgIpc) is 3.43. The van der Waals surface area contributed by atoms with Crippen LogP contribution in [-0.4, -0.2) is 30.0 Å². The number of rotatable bonds is 5. The highest BCUT2D eigenvalue weighted by atomic mass is 32.2. The Morgan fingerprint density at radius 1 is 1.21 bits per heavy atom. The molecule has 0 amide bonds. The lowest BCUT2D eigenvalue weighted by Gasteiger charge is -2.29. The Morgan fingerprint density at radius 3 is 2.70 bits per heavy atom. The SMILES string of the molecule is C[S@@](=O)(=NCc1nc2cnc3[nH]ccc3c2n1C1CCC(CC#N)CC1)c1ccccc1.S. The van der Waals surface area contributed by atoms with Crippen LogP contribution in [-0.2, 0) is 16.3 Å². The van der Waals surface area contributed by atoms with Crippen LogP contribution in [0.15, 0.2) is 58.1 Å². The van der Waals surface area contributed by atoms with Crippen molar-refractivity contribution in [1.82, 2.24) is 19.5 Å². The van der Waals surface area contributed by atoms with Crippen LogP contribution >= 0.6 is 13.5 Å². The van der Waals surface area contributed by atoms with Gasteiger partial charge in [-0.2, -0.15) is 18.8 Å². The Balaban J connectivity index is 0.00000259. The van der Waals surface area contributed by atoms with E-state index < -0.39 is 9.73 Å². The predicted molar refractivity (Wildman–Crippen MR) is 136 cm³/mol. The van der Waals surface area contributed by atoms with E-state index in [1.807, 2.05) is 42.6 Å². The molecule has 1 saturated carbocycles. The molecule has 4 aromatic rings. The van der Waals surface area contributed by atoms with E-state index in [2.05, 4.69) is 25.0 Å². The monoisotopic (exact) mass is 480 g/mol. The van der Waals surface area contributed by atoms with Gasteiger partial charge >= 0.3 is 0 Å². The molecule has 1 atom stereocenters. The van der Waals surface area contributed by atoms with Crippen molar-refractivity contribution in [2.24, 2.45) is 10.3 Å². The molecule has 0 saturated heterocycles. The topological polar surface area (TPSA) is 99.7 Å². The molecule has 3 heterocycles. The third-order valence-electron chi connectivity index (χ3n) is 6.50. The lowest BCUT2D eigenvalue weighted by atomic mass is 9.84. The number of imidazole rings is 1. The molecule has 5 rings (SSSR count). The van der Waals surface area contributed by atoms with Crippen LogP contribution in [0.5, 0.6) is 0 Å². The van der Waals surface area contributed by atoms with Crippen molar-refractivity contribution >= 4 is 45.3 Å². The molecule has 0 bridgehead atoms. The van der Waals surface area contributed by atoms with E-state index in [9.17, 15) is 4.21 Å². The number of fused-ring (bicyclic) bond motifs is 3. The van der Waals surface area contributed by atoms with E-state index in [1.165, 1.54) is 0 Å². The second-order valence-electron chi connectivity index (χ2n) is 8.57. The van der Waals surface area contributed by atoms with E-state index >= 15 is 0 Å². The summed E-state index contributed by atoms with van der Waals surface area (Å²) in [5.41, 5.74) is 2.74. The highest BCUT2D eigenvalue weighted by Crippen LogP contribution is 2.38. The molecule has 0 radical (unpaired) electrons. The standard InChI is InChI=1S/C24H26N6OS.H2S/c1-32(31,19-5-3-2-4-6-19)28-16-22-29-21-15-27-24-20(12-14-26-24)23(21)30(22)18-9-7-17(8-10-18)11-13-25;/h2-6,12,14-15,17-18H,7-11,16H2,1H3,(H,26,27);1H2/t17?,18?,32-;/m0./s1.